The average Bonchev–Trinajstić information content (AvgIpc) is 2.96. The molecule has 4 rings (SSSR count). The van der Waals surface area contributed by atoms with E-state index in [4.69, 9.17) is 0 Å². The third kappa shape index (κ3) is 4.00. The summed E-state index contributed by atoms with van der Waals surface area (Å²) < 4.78 is 1.03. The first kappa shape index (κ1) is 17.7. The molecule has 2 aromatic carbocycles. The highest BCUT2D eigenvalue weighted by Gasteiger charge is 2.31. The Kier molecular flexibility index (Phi) is 5.38. The fourth-order valence-corrected chi connectivity index (χ4v) is 4.29. The first-order valence-electron chi connectivity index (χ1n) is 9.28. The molecule has 5 heteroatoms. The summed E-state index contributed by atoms with van der Waals surface area (Å²) in [5.74, 6) is 0.116. The van der Waals surface area contributed by atoms with Crippen molar-refractivity contribution in [3.63, 3.8) is 0 Å². The van der Waals surface area contributed by atoms with E-state index in [1.807, 2.05) is 12.1 Å². The molecule has 136 valence electrons. The van der Waals surface area contributed by atoms with Gasteiger partial charge in [0.1, 0.15) is 0 Å². The summed E-state index contributed by atoms with van der Waals surface area (Å²) in [5.41, 5.74) is 3.48. The van der Waals surface area contributed by atoms with E-state index in [2.05, 4.69) is 67.4 Å². The molecule has 1 N–H and O–H groups in total. The Balaban J connectivity index is 1.28. The van der Waals surface area contributed by atoms with Crippen LogP contribution in [0.25, 0.3) is 0 Å². The highest BCUT2D eigenvalue weighted by atomic mass is 79.9. The second-order valence-corrected chi connectivity index (χ2v) is 8.08. The van der Waals surface area contributed by atoms with Crippen LogP contribution < -0.4 is 5.32 Å². The molecule has 26 heavy (non-hydrogen) atoms. The van der Waals surface area contributed by atoms with Gasteiger partial charge in [0.25, 0.3) is 0 Å². The van der Waals surface area contributed by atoms with Crippen LogP contribution in [-0.2, 0) is 11.3 Å². The molecule has 1 amide bonds. The van der Waals surface area contributed by atoms with E-state index in [0.29, 0.717) is 0 Å². The first-order valence-corrected chi connectivity index (χ1v) is 10.1. The second kappa shape index (κ2) is 7.91. The van der Waals surface area contributed by atoms with Crippen molar-refractivity contribution in [3.05, 3.63) is 64.1 Å². The summed E-state index contributed by atoms with van der Waals surface area (Å²) in [6, 6.07) is 16.7. The predicted octanol–water partition coefficient (Wildman–Crippen LogP) is 3.69. The molecule has 1 fully saturated rings. The minimum atomic E-state index is -0.0233. The van der Waals surface area contributed by atoms with Crippen molar-refractivity contribution in [1.29, 1.82) is 0 Å². The van der Waals surface area contributed by atoms with Gasteiger partial charge in [-0.1, -0.05) is 46.3 Å². The van der Waals surface area contributed by atoms with Gasteiger partial charge < -0.3 is 10.2 Å². The molecule has 0 spiro atoms. The molecule has 2 aliphatic rings. The molecule has 4 nitrogen and oxygen atoms in total. The molecule has 1 saturated heterocycles. The zero-order valence-corrected chi connectivity index (χ0v) is 16.4. The van der Waals surface area contributed by atoms with E-state index in [-0.39, 0.29) is 11.8 Å². The molecule has 0 aliphatic carbocycles. The minimum Gasteiger partial charge on any atom is -0.325 e. The molecule has 0 saturated carbocycles. The van der Waals surface area contributed by atoms with Gasteiger partial charge in [-0.05, 0) is 42.3 Å². The van der Waals surface area contributed by atoms with Gasteiger partial charge in [-0.3, -0.25) is 9.69 Å². The highest BCUT2D eigenvalue weighted by molar-refractivity contribution is 9.10. The Morgan fingerprint density at radius 2 is 1.73 bits per heavy atom. The van der Waals surface area contributed by atoms with Crippen molar-refractivity contribution in [2.45, 2.75) is 18.9 Å². The van der Waals surface area contributed by atoms with Gasteiger partial charge in [-0.15, -0.1) is 0 Å². The normalized spacial score (nSPS) is 20.8. The number of piperazine rings is 1. The fourth-order valence-electron chi connectivity index (χ4n) is 3.91. The lowest BCUT2D eigenvalue weighted by molar-refractivity contribution is -0.117. The molecular formula is C21H24BrN3O. The van der Waals surface area contributed by atoms with E-state index in [9.17, 15) is 4.79 Å². The number of carbonyl (C=O) groups is 1. The van der Waals surface area contributed by atoms with Crippen LogP contribution in [0.15, 0.2) is 53.0 Å². The topological polar surface area (TPSA) is 35.6 Å². The van der Waals surface area contributed by atoms with Crippen LogP contribution in [-0.4, -0.2) is 48.4 Å². The number of amides is 1. The van der Waals surface area contributed by atoms with Crippen molar-refractivity contribution >= 4 is 27.5 Å². The van der Waals surface area contributed by atoms with Crippen molar-refractivity contribution in [3.8, 4) is 0 Å². The van der Waals surface area contributed by atoms with Crippen LogP contribution >= 0.6 is 15.9 Å². The first-order chi connectivity index (χ1) is 12.7. The van der Waals surface area contributed by atoms with Crippen LogP contribution in [0, 0.1) is 0 Å². The minimum absolute atomic E-state index is 0.0233. The van der Waals surface area contributed by atoms with Crippen LogP contribution in [0.4, 0.5) is 5.69 Å². The monoisotopic (exact) mass is 413 g/mol. The molecule has 0 aromatic heterocycles. The highest BCUT2D eigenvalue weighted by Crippen LogP contribution is 2.36. The summed E-state index contributed by atoms with van der Waals surface area (Å²) in [6.45, 7) is 6.34. The standard InChI is InChI=1S/C21H24BrN3O/c22-17-6-7-20-19(14-17)18(21(26)23-20)8-9-24-10-12-25(13-11-24)15-16-4-2-1-3-5-16/h1-7,14,18H,8-13,15H2,(H,23,26). The fraction of sp³-hybridized carbons (Fsp3) is 0.381. The lowest BCUT2D eigenvalue weighted by atomic mass is 9.97. The smallest absolute Gasteiger partial charge is 0.232 e. The number of fused-ring (bicyclic) bond motifs is 1. The van der Waals surface area contributed by atoms with Gasteiger partial charge in [-0.25, -0.2) is 0 Å². The predicted molar refractivity (Wildman–Crippen MR) is 108 cm³/mol. The Morgan fingerprint density at radius 1 is 1.00 bits per heavy atom. The molecule has 1 unspecified atom stereocenters. The summed E-state index contributed by atoms with van der Waals surface area (Å²) in [7, 11) is 0. The molecule has 0 radical (unpaired) electrons. The van der Waals surface area contributed by atoms with E-state index in [1.54, 1.807) is 0 Å². The third-order valence-electron chi connectivity index (χ3n) is 5.41. The van der Waals surface area contributed by atoms with Crippen molar-refractivity contribution in [2.75, 3.05) is 38.0 Å². The number of benzene rings is 2. The summed E-state index contributed by atoms with van der Waals surface area (Å²) in [5, 5.41) is 3.01. The lowest BCUT2D eigenvalue weighted by Crippen LogP contribution is -2.46. The van der Waals surface area contributed by atoms with Gasteiger partial charge in [0.15, 0.2) is 0 Å². The van der Waals surface area contributed by atoms with E-state index >= 15 is 0 Å². The second-order valence-electron chi connectivity index (χ2n) is 7.17. The number of rotatable bonds is 5. The number of nitrogens with zero attached hydrogens (tertiary/aromatic N) is 2. The third-order valence-corrected chi connectivity index (χ3v) is 5.90. The van der Waals surface area contributed by atoms with Gasteiger partial charge in [0, 0.05) is 42.9 Å². The quantitative estimate of drug-likeness (QED) is 0.811. The molecular weight excluding hydrogens is 390 g/mol. The maximum absolute atomic E-state index is 12.3. The maximum atomic E-state index is 12.3. The maximum Gasteiger partial charge on any atom is 0.232 e. The van der Waals surface area contributed by atoms with E-state index in [1.165, 1.54) is 5.56 Å². The van der Waals surface area contributed by atoms with Gasteiger partial charge in [0.05, 0.1) is 5.92 Å². The van der Waals surface area contributed by atoms with Crippen LogP contribution in [0.3, 0.4) is 0 Å². The van der Waals surface area contributed by atoms with Gasteiger partial charge in [-0.2, -0.15) is 0 Å². The summed E-state index contributed by atoms with van der Waals surface area (Å²) in [6.07, 6.45) is 0.883. The number of hydrogen-bond donors (Lipinski definition) is 1. The van der Waals surface area contributed by atoms with Crippen molar-refractivity contribution in [2.24, 2.45) is 0 Å². The Morgan fingerprint density at radius 3 is 2.50 bits per heavy atom. The Bertz CT molecular complexity index is 772. The van der Waals surface area contributed by atoms with Crippen LogP contribution in [0.1, 0.15) is 23.5 Å². The Hall–Kier alpha value is -1.69. The molecule has 2 aliphatic heterocycles. The van der Waals surface area contributed by atoms with Gasteiger partial charge in [0.2, 0.25) is 5.91 Å². The zero-order chi connectivity index (χ0) is 17.9. The summed E-state index contributed by atoms with van der Waals surface area (Å²) in [4.78, 5) is 17.3. The number of anilines is 1. The van der Waals surface area contributed by atoms with Crippen molar-refractivity contribution < 1.29 is 4.79 Å². The molecule has 2 heterocycles. The largest absolute Gasteiger partial charge is 0.325 e. The molecule has 0 bridgehead atoms. The van der Waals surface area contributed by atoms with E-state index < -0.39 is 0 Å². The number of hydrogen-bond acceptors (Lipinski definition) is 3. The van der Waals surface area contributed by atoms with Crippen LogP contribution in [0.2, 0.25) is 0 Å². The van der Waals surface area contributed by atoms with E-state index in [0.717, 1.165) is 61.4 Å². The number of carbonyl (C=O) groups excluding carboxylic acids is 1. The van der Waals surface area contributed by atoms with Gasteiger partial charge >= 0.3 is 0 Å². The van der Waals surface area contributed by atoms with Crippen LogP contribution in [0.5, 0.6) is 0 Å². The lowest BCUT2D eigenvalue weighted by Gasteiger charge is -2.35. The SMILES string of the molecule is O=C1Nc2ccc(Br)cc2C1CCN1CCN(Cc2ccccc2)CC1. The molecule has 1 atom stereocenters. The Labute approximate surface area is 163 Å². The zero-order valence-electron chi connectivity index (χ0n) is 14.8. The average molecular weight is 414 g/mol. The number of nitrogens with one attached hydrogen (secondary N) is 1. The summed E-state index contributed by atoms with van der Waals surface area (Å²) >= 11 is 3.52. The molecule has 2 aromatic rings. The number of halogens is 1. The van der Waals surface area contributed by atoms with Crippen molar-refractivity contribution in [1.82, 2.24) is 9.80 Å².